The normalized spacial score (nSPS) is 27.2. The lowest BCUT2D eigenvalue weighted by atomic mass is 9.79. The van der Waals surface area contributed by atoms with Gasteiger partial charge in [0.15, 0.2) is 0 Å². The molecule has 0 aliphatic carbocycles. The van der Waals surface area contributed by atoms with E-state index in [0.29, 0.717) is 12.5 Å². The Morgan fingerprint density at radius 1 is 1.26 bits per heavy atom. The number of carbonyl (C=O) groups is 1. The molecule has 1 amide bonds. The number of benzene rings is 1. The van der Waals surface area contributed by atoms with Crippen LogP contribution < -0.4 is 5.32 Å². The summed E-state index contributed by atoms with van der Waals surface area (Å²) in [5.41, 5.74) is 1.03. The molecule has 4 heteroatoms. The summed E-state index contributed by atoms with van der Waals surface area (Å²) < 4.78 is 0. The van der Waals surface area contributed by atoms with Crippen LogP contribution in [-0.4, -0.2) is 30.4 Å². The lowest BCUT2D eigenvalue weighted by Gasteiger charge is -2.32. The maximum atomic E-state index is 12.6. The number of carbonyl (C=O) groups excluding carboxylic acids is 1. The molecule has 2 aliphatic heterocycles. The van der Waals surface area contributed by atoms with E-state index < -0.39 is 0 Å². The molecule has 2 aliphatic rings. The number of likely N-dealkylation sites (tertiary alicyclic amines) is 1. The maximum Gasteiger partial charge on any atom is 0.230 e. The Bertz CT molecular complexity index is 466. The van der Waals surface area contributed by atoms with Crippen molar-refractivity contribution in [3.8, 4) is 0 Å². The second kappa shape index (κ2) is 5.14. The zero-order valence-corrected chi connectivity index (χ0v) is 11.7. The molecule has 19 heavy (non-hydrogen) atoms. The van der Waals surface area contributed by atoms with Crippen molar-refractivity contribution in [1.82, 2.24) is 10.2 Å². The number of rotatable bonds is 2. The molecule has 2 saturated heterocycles. The van der Waals surface area contributed by atoms with E-state index >= 15 is 0 Å². The van der Waals surface area contributed by atoms with Gasteiger partial charge in [-0.2, -0.15) is 0 Å². The lowest BCUT2D eigenvalue weighted by molar-refractivity contribution is -0.137. The SMILES string of the molecule is O=C1N(Cc2ccc(Cl)cc2)CC[C@]12CCCNC2. The second-order valence-electron chi connectivity index (χ2n) is 5.66. The van der Waals surface area contributed by atoms with Crippen LogP contribution in [0.5, 0.6) is 0 Å². The van der Waals surface area contributed by atoms with E-state index in [1.807, 2.05) is 29.2 Å². The molecule has 0 bridgehead atoms. The minimum Gasteiger partial charge on any atom is -0.338 e. The Balaban J connectivity index is 1.70. The highest BCUT2D eigenvalue weighted by molar-refractivity contribution is 6.30. The Kier molecular flexibility index (Phi) is 3.50. The number of nitrogens with one attached hydrogen (secondary N) is 1. The van der Waals surface area contributed by atoms with Gasteiger partial charge in [-0.3, -0.25) is 4.79 Å². The van der Waals surface area contributed by atoms with Crippen molar-refractivity contribution in [2.24, 2.45) is 5.41 Å². The van der Waals surface area contributed by atoms with Crippen LogP contribution in [0.15, 0.2) is 24.3 Å². The van der Waals surface area contributed by atoms with Crippen LogP contribution >= 0.6 is 11.6 Å². The fraction of sp³-hybridized carbons (Fsp3) is 0.533. The van der Waals surface area contributed by atoms with Crippen LogP contribution in [0.1, 0.15) is 24.8 Å². The second-order valence-corrected chi connectivity index (χ2v) is 6.10. The largest absolute Gasteiger partial charge is 0.338 e. The van der Waals surface area contributed by atoms with Gasteiger partial charge in [-0.25, -0.2) is 0 Å². The summed E-state index contributed by atoms with van der Waals surface area (Å²) in [6.07, 6.45) is 3.14. The van der Waals surface area contributed by atoms with Crippen molar-refractivity contribution in [3.63, 3.8) is 0 Å². The first-order chi connectivity index (χ1) is 9.20. The molecule has 102 valence electrons. The Labute approximate surface area is 118 Å². The van der Waals surface area contributed by atoms with Gasteiger partial charge in [-0.15, -0.1) is 0 Å². The molecule has 1 aromatic carbocycles. The highest BCUT2D eigenvalue weighted by atomic mass is 35.5. The highest BCUT2D eigenvalue weighted by Gasteiger charge is 2.46. The zero-order valence-electron chi connectivity index (χ0n) is 11.0. The molecule has 1 spiro atoms. The van der Waals surface area contributed by atoms with Gasteiger partial charge in [0.1, 0.15) is 0 Å². The van der Waals surface area contributed by atoms with Crippen molar-refractivity contribution < 1.29 is 4.79 Å². The van der Waals surface area contributed by atoms with Gasteiger partial charge in [0.05, 0.1) is 5.41 Å². The number of hydrogen-bond acceptors (Lipinski definition) is 2. The van der Waals surface area contributed by atoms with Crippen LogP contribution in [0.2, 0.25) is 5.02 Å². The first kappa shape index (κ1) is 12.9. The van der Waals surface area contributed by atoms with Crippen molar-refractivity contribution in [3.05, 3.63) is 34.9 Å². The molecule has 1 atom stereocenters. The minimum atomic E-state index is -0.120. The van der Waals surface area contributed by atoms with E-state index in [0.717, 1.165) is 49.5 Å². The van der Waals surface area contributed by atoms with E-state index in [1.165, 1.54) is 0 Å². The predicted octanol–water partition coefficient (Wildman–Crippen LogP) is 2.44. The van der Waals surface area contributed by atoms with Gasteiger partial charge < -0.3 is 10.2 Å². The molecule has 0 aromatic heterocycles. The maximum absolute atomic E-state index is 12.6. The molecule has 2 heterocycles. The van der Waals surface area contributed by atoms with Crippen LogP contribution in [-0.2, 0) is 11.3 Å². The van der Waals surface area contributed by atoms with Crippen LogP contribution in [0.25, 0.3) is 0 Å². The van der Waals surface area contributed by atoms with E-state index in [1.54, 1.807) is 0 Å². The quantitative estimate of drug-likeness (QED) is 0.901. The van der Waals surface area contributed by atoms with E-state index in [4.69, 9.17) is 11.6 Å². The summed E-state index contributed by atoms with van der Waals surface area (Å²) in [5, 5.41) is 4.12. The molecule has 1 aromatic rings. The van der Waals surface area contributed by atoms with Crippen molar-refractivity contribution in [2.75, 3.05) is 19.6 Å². The van der Waals surface area contributed by atoms with Crippen molar-refractivity contribution in [2.45, 2.75) is 25.8 Å². The third-order valence-corrected chi connectivity index (χ3v) is 4.61. The monoisotopic (exact) mass is 278 g/mol. The average Bonchev–Trinajstić information content (AvgIpc) is 2.72. The summed E-state index contributed by atoms with van der Waals surface area (Å²) in [4.78, 5) is 14.6. The Morgan fingerprint density at radius 2 is 2.05 bits per heavy atom. The molecule has 1 N–H and O–H groups in total. The number of halogens is 1. The standard InChI is InChI=1S/C15H19ClN2O/c16-13-4-2-12(3-5-13)10-18-9-7-15(14(18)19)6-1-8-17-11-15/h2-5,17H,1,6-11H2/t15-/m0/s1. The topological polar surface area (TPSA) is 32.3 Å². The van der Waals surface area contributed by atoms with Gasteiger partial charge in [-0.05, 0) is 43.5 Å². The first-order valence-electron chi connectivity index (χ1n) is 6.94. The third kappa shape index (κ3) is 2.49. The van der Waals surface area contributed by atoms with E-state index in [9.17, 15) is 4.79 Å². The van der Waals surface area contributed by atoms with Crippen LogP contribution in [0, 0.1) is 5.41 Å². The average molecular weight is 279 g/mol. The summed E-state index contributed by atoms with van der Waals surface area (Å²) in [6.45, 7) is 3.48. The summed E-state index contributed by atoms with van der Waals surface area (Å²) in [7, 11) is 0. The lowest BCUT2D eigenvalue weighted by Crippen LogP contribution is -2.45. The highest BCUT2D eigenvalue weighted by Crippen LogP contribution is 2.38. The molecule has 3 rings (SSSR count). The first-order valence-corrected chi connectivity index (χ1v) is 7.32. The predicted molar refractivity (Wildman–Crippen MR) is 76.0 cm³/mol. The van der Waals surface area contributed by atoms with Crippen molar-refractivity contribution in [1.29, 1.82) is 0 Å². The van der Waals surface area contributed by atoms with Crippen molar-refractivity contribution >= 4 is 17.5 Å². The zero-order chi connectivity index (χ0) is 13.3. The minimum absolute atomic E-state index is 0.120. The molecule has 0 saturated carbocycles. The molecule has 2 fully saturated rings. The van der Waals surface area contributed by atoms with Gasteiger partial charge in [-0.1, -0.05) is 23.7 Å². The summed E-state index contributed by atoms with van der Waals surface area (Å²) in [6, 6.07) is 7.77. The fourth-order valence-corrected chi connectivity index (χ4v) is 3.34. The van der Waals surface area contributed by atoms with Crippen LogP contribution in [0.3, 0.4) is 0 Å². The summed E-state index contributed by atoms with van der Waals surface area (Å²) in [5.74, 6) is 0.328. The Hall–Kier alpha value is -1.06. The molecular weight excluding hydrogens is 260 g/mol. The van der Waals surface area contributed by atoms with Crippen LogP contribution in [0.4, 0.5) is 0 Å². The van der Waals surface area contributed by atoms with Gasteiger partial charge >= 0.3 is 0 Å². The fourth-order valence-electron chi connectivity index (χ4n) is 3.22. The number of hydrogen-bond donors (Lipinski definition) is 1. The summed E-state index contributed by atoms with van der Waals surface area (Å²) >= 11 is 5.88. The smallest absolute Gasteiger partial charge is 0.230 e. The number of nitrogens with zero attached hydrogens (tertiary/aromatic N) is 1. The van der Waals surface area contributed by atoms with Gasteiger partial charge in [0, 0.05) is 24.7 Å². The number of amides is 1. The van der Waals surface area contributed by atoms with Gasteiger partial charge in [0.2, 0.25) is 5.91 Å². The van der Waals surface area contributed by atoms with E-state index in [-0.39, 0.29) is 5.41 Å². The molecular formula is C15H19ClN2O. The third-order valence-electron chi connectivity index (χ3n) is 4.36. The molecule has 3 nitrogen and oxygen atoms in total. The van der Waals surface area contributed by atoms with E-state index in [2.05, 4.69) is 5.32 Å². The molecule has 0 unspecified atom stereocenters. The van der Waals surface area contributed by atoms with Gasteiger partial charge in [0.25, 0.3) is 0 Å². The molecule has 0 radical (unpaired) electrons. The Morgan fingerprint density at radius 3 is 2.74 bits per heavy atom. The number of piperidine rings is 1.